The molecular formula is C9H11ClFNO4S2. The third kappa shape index (κ3) is 3.64. The summed E-state index contributed by atoms with van der Waals surface area (Å²) in [6.45, 7) is 0. The fourth-order valence-electron chi connectivity index (χ4n) is 1.23. The summed E-state index contributed by atoms with van der Waals surface area (Å²) in [7, 11) is -5.91. The molecule has 0 unspecified atom stereocenters. The molecule has 1 rings (SSSR count). The minimum atomic E-state index is -4.72. The van der Waals surface area contributed by atoms with Crippen LogP contribution in [0, 0.1) is 0 Å². The van der Waals surface area contributed by atoms with Gasteiger partial charge in [-0.3, -0.25) is 0 Å². The minimum Gasteiger partial charge on any atom is -0.207 e. The summed E-state index contributed by atoms with van der Waals surface area (Å²) < 4.78 is 58.3. The van der Waals surface area contributed by atoms with Crippen molar-refractivity contribution in [1.82, 2.24) is 4.31 Å². The van der Waals surface area contributed by atoms with E-state index >= 15 is 0 Å². The van der Waals surface area contributed by atoms with Crippen LogP contribution in [0.25, 0.3) is 0 Å². The van der Waals surface area contributed by atoms with E-state index in [2.05, 4.69) is 0 Å². The molecule has 0 radical (unpaired) electrons. The molecule has 18 heavy (non-hydrogen) atoms. The predicted octanol–water partition coefficient (Wildman–Crippen LogP) is 1.39. The number of hydrogen-bond acceptors (Lipinski definition) is 4. The summed E-state index contributed by atoms with van der Waals surface area (Å²) in [6, 6.07) is 3.53. The Kier molecular flexibility index (Phi) is 4.37. The number of nitrogens with zero attached hydrogens (tertiary/aromatic N) is 1. The first kappa shape index (κ1) is 15.4. The Balaban J connectivity index is 3.35. The molecule has 9 heteroatoms. The number of halogens is 2. The van der Waals surface area contributed by atoms with E-state index in [1.54, 1.807) is 0 Å². The molecule has 0 saturated heterocycles. The van der Waals surface area contributed by atoms with Crippen LogP contribution < -0.4 is 0 Å². The van der Waals surface area contributed by atoms with E-state index < -0.39 is 26.0 Å². The zero-order valence-corrected chi connectivity index (χ0v) is 12.0. The van der Waals surface area contributed by atoms with Gasteiger partial charge in [0.25, 0.3) is 0 Å². The van der Waals surface area contributed by atoms with Crippen LogP contribution >= 0.6 is 11.6 Å². The zero-order chi connectivity index (χ0) is 14.1. The van der Waals surface area contributed by atoms with Crippen molar-refractivity contribution in [3.05, 3.63) is 28.8 Å². The van der Waals surface area contributed by atoms with E-state index in [0.29, 0.717) is 0 Å². The second-order valence-electron chi connectivity index (χ2n) is 3.74. The van der Waals surface area contributed by atoms with E-state index in [1.165, 1.54) is 26.2 Å². The van der Waals surface area contributed by atoms with E-state index in [4.69, 9.17) is 11.6 Å². The van der Waals surface area contributed by atoms with Gasteiger partial charge in [0.2, 0.25) is 10.0 Å². The van der Waals surface area contributed by atoms with E-state index in [-0.39, 0.29) is 15.5 Å². The summed E-state index contributed by atoms with van der Waals surface area (Å²) in [5.41, 5.74) is 0.0160. The second-order valence-corrected chi connectivity index (χ2v) is 7.63. The monoisotopic (exact) mass is 315 g/mol. The smallest absolute Gasteiger partial charge is 0.207 e. The van der Waals surface area contributed by atoms with Crippen molar-refractivity contribution < 1.29 is 20.7 Å². The molecular weight excluding hydrogens is 305 g/mol. The van der Waals surface area contributed by atoms with Gasteiger partial charge in [0.15, 0.2) is 0 Å². The summed E-state index contributed by atoms with van der Waals surface area (Å²) >= 11 is 5.75. The summed E-state index contributed by atoms with van der Waals surface area (Å²) in [4.78, 5) is -0.254. The highest BCUT2D eigenvalue weighted by Crippen LogP contribution is 2.25. The van der Waals surface area contributed by atoms with Gasteiger partial charge in [-0.25, -0.2) is 12.7 Å². The van der Waals surface area contributed by atoms with Crippen LogP contribution in [0.3, 0.4) is 0 Å². The molecule has 0 spiro atoms. The van der Waals surface area contributed by atoms with Crippen LogP contribution in [0.15, 0.2) is 23.1 Å². The van der Waals surface area contributed by atoms with Gasteiger partial charge in [-0.2, -0.15) is 8.42 Å². The second kappa shape index (κ2) is 5.12. The average Bonchev–Trinajstić information content (AvgIpc) is 2.18. The zero-order valence-electron chi connectivity index (χ0n) is 9.59. The van der Waals surface area contributed by atoms with Crippen LogP contribution in [0.5, 0.6) is 0 Å². The fourth-order valence-corrected chi connectivity index (χ4v) is 3.23. The minimum absolute atomic E-state index is 0.0160. The maximum Gasteiger partial charge on any atom is 0.306 e. The van der Waals surface area contributed by atoms with Crippen molar-refractivity contribution in [3.8, 4) is 0 Å². The third-order valence-electron chi connectivity index (χ3n) is 2.09. The standard InChI is InChI=1S/C9H11ClFNO4S2/c1-12(2)18(15,16)9-5-7(3-4-8(9)10)6-17(11,13)14/h3-5H,6H2,1-2H3. The highest BCUT2D eigenvalue weighted by atomic mass is 35.5. The summed E-state index contributed by atoms with van der Waals surface area (Å²) in [5, 5.41) is -0.0521. The lowest BCUT2D eigenvalue weighted by Crippen LogP contribution is -2.22. The third-order valence-corrected chi connectivity index (χ3v) is 5.07. The number of rotatable bonds is 4. The molecule has 0 amide bonds. The molecule has 5 nitrogen and oxygen atoms in total. The first-order valence-electron chi connectivity index (χ1n) is 4.67. The van der Waals surface area contributed by atoms with Crippen molar-refractivity contribution >= 4 is 31.8 Å². The van der Waals surface area contributed by atoms with Crippen LogP contribution in [-0.4, -0.2) is 35.2 Å². The summed E-state index contributed by atoms with van der Waals surface area (Å²) in [6.07, 6.45) is 0. The highest BCUT2D eigenvalue weighted by Gasteiger charge is 2.22. The van der Waals surface area contributed by atoms with E-state index in [9.17, 15) is 20.7 Å². The Hall–Kier alpha value is -0.700. The lowest BCUT2D eigenvalue weighted by Gasteiger charge is -2.13. The molecule has 0 aromatic heterocycles. The molecule has 0 aliphatic heterocycles. The number of hydrogen-bond donors (Lipinski definition) is 0. The SMILES string of the molecule is CN(C)S(=O)(=O)c1cc(CS(=O)(=O)F)ccc1Cl. The Morgan fingerprint density at radius 2 is 1.78 bits per heavy atom. The Labute approximate surface area is 110 Å². The topological polar surface area (TPSA) is 71.5 Å². The van der Waals surface area contributed by atoms with Crippen LogP contribution in [0.1, 0.15) is 5.56 Å². The van der Waals surface area contributed by atoms with Crippen molar-refractivity contribution in [1.29, 1.82) is 0 Å². The molecule has 102 valence electrons. The van der Waals surface area contributed by atoms with Crippen molar-refractivity contribution in [2.45, 2.75) is 10.6 Å². The largest absolute Gasteiger partial charge is 0.306 e. The van der Waals surface area contributed by atoms with Gasteiger partial charge in [-0.05, 0) is 17.7 Å². The molecule has 1 aromatic carbocycles. The van der Waals surface area contributed by atoms with Gasteiger partial charge in [-0.15, -0.1) is 3.89 Å². The van der Waals surface area contributed by atoms with Crippen molar-refractivity contribution in [2.75, 3.05) is 14.1 Å². The quantitative estimate of drug-likeness (QED) is 0.787. The lowest BCUT2D eigenvalue weighted by molar-refractivity contribution is 0.520. The molecule has 0 saturated carbocycles. The number of sulfonamides is 1. The van der Waals surface area contributed by atoms with Crippen LogP contribution in [0.2, 0.25) is 5.02 Å². The molecule has 0 heterocycles. The van der Waals surface area contributed by atoms with Gasteiger partial charge < -0.3 is 0 Å². The molecule has 0 aliphatic rings. The maximum atomic E-state index is 12.5. The first-order valence-corrected chi connectivity index (χ1v) is 8.04. The first-order chi connectivity index (χ1) is 8.04. The van der Waals surface area contributed by atoms with Crippen LogP contribution in [0.4, 0.5) is 3.89 Å². The number of benzene rings is 1. The molecule has 0 aliphatic carbocycles. The Morgan fingerprint density at radius 3 is 2.22 bits per heavy atom. The average molecular weight is 316 g/mol. The van der Waals surface area contributed by atoms with Crippen molar-refractivity contribution in [2.24, 2.45) is 0 Å². The van der Waals surface area contributed by atoms with Gasteiger partial charge in [0, 0.05) is 14.1 Å². The highest BCUT2D eigenvalue weighted by molar-refractivity contribution is 7.89. The normalized spacial score (nSPS) is 12.9. The van der Waals surface area contributed by atoms with E-state index in [0.717, 1.165) is 10.4 Å². The van der Waals surface area contributed by atoms with Crippen LogP contribution in [-0.2, 0) is 26.0 Å². The van der Waals surface area contributed by atoms with Crippen molar-refractivity contribution in [3.63, 3.8) is 0 Å². The fraction of sp³-hybridized carbons (Fsp3) is 0.333. The maximum absolute atomic E-state index is 12.5. The lowest BCUT2D eigenvalue weighted by atomic mass is 10.2. The summed E-state index contributed by atoms with van der Waals surface area (Å²) in [5.74, 6) is -0.889. The molecule has 0 N–H and O–H groups in total. The predicted molar refractivity (Wildman–Crippen MR) is 66.1 cm³/mol. The molecule has 1 aromatic rings. The van der Waals surface area contributed by atoms with Gasteiger partial charge in [-0.1, -0.05) is 17.7 Å². The Morgan fingerprint density at radius 1 is 1.22 bits per heavy atom. The van der Waals surface area contributed by atoms with Gasteiger partial charge in [0.1, 0.15) is 10.6 Å². The molecule has 0 bridgehead atoms. The Bertz CT molecular complexity index is 655. The van der Waals surface area contributed by atoms with Gasteiger partial charge >= 0.3 is 10.2 Å². The molecule has 0 atom stereocenters. The van der Waals surface area contributed by atoms with Gasteiger partial charge in [0.05, 0.1) is 5.02 Å². The molecule has 0 fully saturated rings. The van der Waals surface area contributed by atoms with E-state index in [1.807, 2.05) is 0 Å².